The molecular formula is C17H22FN5O2. The third-order valence-electron chi connectivity index (χ3n) is 4.31. The molecule has 1 saturated heterocycles. The van der Waals surface area contributed by atoms with E-state index in [1.54, 1.807) is 4.90 Å². The van der Waals surface area contributed by atoms with Crippen molar-refractivity contribution < 1.29 is 13.9 Å². The van der Waals surface area contributed by atoms with E-state index < -0.39 is 5.82 Å². The summed E-state index contributed by atoms with van der Waals surface area (Å²) in [6.45, 7) is 2.04. The van der Waals surface area contributed by atoms with Crippen molar-refractivity contribution in [3.63, 3.8) is 0 Å². The minimum Gasteiger partial charge on any atom is -0.493 e. The van der Waals surface area contributed by atoms with Crippen LogP contribution in [0.2, 0.25) is 0 Å². The lowest BCUT2D eigenvalue weighted by Crippen LogP contribution is -2.39. The van der Waals surface area contributed by atoms with E-state index in [9.17, 15) is 9.18 Å². The number of benzene rings is 1. The Bertz CT molecular complexity index is 707. The third-order valence-corrected chi connectivity index (χ3v) is 4.31. The number of hydrogen-bond donors (Lipinski definition) is 2. The minimum absolute atomic E-state index is 0.107. The van der Waals surface area contributed by atoms with E-state index in [2.05, 4.69) is 15.2 Å². The summed E-state index contributed by atoms with van der Waals surface area (Å²) in [5.41, 5.74) is 5.71. The Morgan fingerprint density at radius 2 is 2.36 bits per heavy atom. The summed E-state index contributed by atoms with van der Waals surface area (Å²) >= 11 is 0. The summed E-state index contributed by atoms with van der Waals surface area (Å²) < 4.78 is 19.3. The Kier molecular flexibility index (Phi) is 5.60. The van der Waals surface area contributed by atoms with E-state index in [4.69, 9.17) is 10.5 Å². The average molecular weight is 347 g/mol. The molecule has 8 heteroatoms. The second-order valence-corrected chi connectivity index (χ2v) is 6.09. The molecule has 0 spiro atoms. The Labute approximate surface area is 145 Å². The second kappa shape index (κ2) is 8.06. The number of rotatable bonds is 6. The fraction of sp³-hybridized carbons (Fsp3) is 0.471. The number of carbonyl (C=O) groups is 1. The summed E-state index contributed by atoms with van der Waals surface area (Å²) in [4.78, 5) is 18.8. The van der Waals surface area contributed by atoms with Gasteiger partial charge in [0.25, 0.3) is 5.91 Å². The maximum Gasteiger partial charge on any atom is 0.257 e. The van der Waals surface area contributed by atoms with Crippen molar-refractivity contribution in [3.05, 3.63) is 41.7 Å². The molecule has 1 atom stereocenters. The SMILES string of the molecule is NCCCOc1ccc(F)cc1C(=O)N1CCCC(c2ncn[nH]2)C1. The highest BCUT2D eigenvalue weighted by Gasteiger charge is 2.28. The zero-order valence-corrected chi connectivity index (χ0v) is 13.9. The summed E-state index contributed by atoms with van der Waals surface area (Å²) in [5, 5.41) is 6.74. The Hall–Kier alpha value is -2.48. The van der Waals surface area contributed by atoms with Crippen molar-refractivity contribution in [2.24, 2.45) is 5.73 Å². The van der Waals surface area contributed by atoms with Crippen LogP contribution in [0, 0.1) is 5.82 Å². The van der Waals surface area contributed by atoms with Crippen molar-refractivity contribution in [3.8, 4) is 5.75 Å². The Morgan fingerprint density at radius 1 is 1.48 bits per heavy atom. The molecule has 1 aliphatic rings. The molecule has 0 bridgehead atoms. The Morgan fingerprint density at radius 3 is 3.12 bits per heavy atom. The maximum absolute atomic E-state index is 13.7. The van der Waals surface area contributed by atoms with E-state index in [1.807, 2.05) is 0 Å². The van der Waals surface area contributed by atoms with Gasteiger partial charge in [-0.2, -0.15) is 5.10 Å². The van der Waals surface area contributed by atoms with E-state index in [0.29, 0.717) is 38.4 Å². The lowest BCUT2D eigenvalue weighted by molar-refractivity contribution is 0.0699. The highest BCUT2D eigenvalue weighted by atomic mass is 19.1. The molecule has 1 aliphatic heterocycles. The largest absolute Gasteiger partial charge is 0.493 e. The van der Waals surface area contributed by atoms with Gasteiger partial charge in [0.15, 0.2) is 0 Å². The van der Waals surface area contributed by atoms with Crippen LogP contribution in [-0.4, -0.2) is 52.2 Å². The quantitative estimate of drug-likeness (QED) is 0.775. The monoisotopic (exact) mass is 347 g/mol. The standard InChI is InChI=1S/C17H22FN5O2/c18-13-4-5-15(25-8-2-6-19)14(9-13)17(24)23-7-1-3-12(10-23)16-20-11-21-22-16/h4-5,9,11-12H,1-3,6-8,10,19H2,(H,20,21,22). The van der Waals surface area contributed by atoms with Crippen LogP contribution in [0.1, 0.15) is 41.4 Å². The minimum atomic E-state index is -0.460. The first-order valence-electron chi connectivity index (χ1n) is 8.46. The van der Waals surface area contributed by atoms with Crippen LogP contribution >= 0.6 is 0 Å². The fourth-order valence-corrected chi connectivity index (χ4v) is 3.03. The number of ether oxygens (including phenoxy) is 1. The van der Waals surface area contributed by atoms with Crippen molar-refractivity contribution in [2.45, 2.75) is 25.2 Å². The topological polar surface area (TPSA) is 97.1 Å². The van der Waals surface area contributed by atoms with Crippen LogP contribution < -0.4 is 10.5 Å². The van der Waals surface area contributed by atoms with Gasteiger partial charge in [0.2, 0.25) is 0 Å². The molecule has 3 rings (SSSR count). The maximum atomic E-state index is 13.7. The summed E-state index contributed by atoms with van der Waals surface area (Å²) in [7, 11) is 0. The number of aromatic nitrogens is 3. The number of H-pyrrole nitrogens is 1. The molecule has 1 unspecified atom stereocenters. The van der Waals surface area contributed by atoms with Crippen LogP contribution in [-0.2, 0) is 0 Å². The van der Waals surface area contributed by atoms with Gasteiger partial charge >= 0.3 is 0 Å². The molecule has 0 radical (unpaired) electrons. The molecule has 2 heterocycles. The number of piperidine rings is 1. The number of aromatic amines is 1. The molecule has 0 aliphatic carbocycles. The van der Waals surface area contributed by atoms with Gasteiger partial charge in [-0.25, -0.2) is 9.37 Å². The lowest BCUT2D eigenvalue weighted by Gasteiger charge is -2.32. The molecule has 3 N–H and O–H groups in total. The normalized spacial score (nSPS) is 17.5. The summed E-state index contributed by atoms with van der Waals surface area (Å²) in [6, 6.07) is 4.03. The van der Waals surface area contributed by atoms with Crippen molar-refractivity contribution in [2.75, 3.05) is 26.2 Å². The third kappa shape index (κ3) is 4.14. The number of nitrogens with one attached hydrogen (secondary N) is 1. The van der Waals surface area contributed by atoms with E-state index in [0.717, 1.165) is 18.7 Å². The van der Waals surface area contributed by atoms with E-state index in [-0.39, 0.29) is 17.4 Å². The van der Waals surface area contributed by atoms with Gasteiger partial charge < -0.3 is 15.4 Å². The number of nitrogens with zero attached hydrogens (tertiary/aromatic N) is 3. The van der Waals surface area contributed by atoms with Gasteiger partial charge in [0.05, 0.1) is 12.2 Å². The predicted molar refractivity (Wildman–Crippen MR) is 89.8 cm³/mol. The van der Waals surface area contributed by atoms with Gasteiger partial charge in [-0.3, -0.25) is 9.89 Å². The average Bonchev–Trinajstić information content (AvgIpc) is 3.17. The first-order valence-corrected chi connectivity index (χ1v) is 8.46. The number of likely N-dealkylation sites (tertiary alicyclic amines) is 1. The zero-order chi connectivity index (χ0) is 17.6. The van der Waals surface area contributed by atoms with Gasteiger partial charge in [0, 0.05) is 19.0 Å². The van der Waals surface area contributed by atoms with Crippen LogP contribution in [0.3, 0.4) is 0 Å². The summed E-state index contributed by atoms with van der Waals surface area (Å²) in [6.07, 6.45) is 3.92. The smallest absolute Gasteiger partial charge is 0.257 e. The van der Waals surface area contributed by atoms with Gasteiger partial charge in [-0.1, -0.05) is 0 Å². The van der Waals surface area contributed by atoms with Crippen LogP contribution in [0.4, 0.5) is 4.39 Å². The number of nitrogens with two attached hydrogens (primary N) is 1. The van der Waals surface area contributed by atoms with Crippen LogP contribution in [0.25, 0.3) is 0 Å². The molecule has 1 aromatic carbocycles. The molecule has 25 heavy (non-hydrogen) atoms. The number of hydrogen-bond acceptors (Lipinski definition) is 5. The van der Waals surface area contributed by atoms with Crippen LogP contribution in [0.15, 0.2) is 24.5 Å². The molecular weight excluding hydrogens is 325 g/mol. The number of amides is 1. The first-order chi connectivity index (χ1) is 12.2. The zero-order valence-electron chi connectivity index (χ0n) is 13.9. The highest BCUT2D eigenvalue weighted by Crippen LogP contribution is 2.28. The molecule has 1 fully saturated rings. The Balaban J connectivity index is 1.76. The van der Waals surface area contributed by atoms with E-state index in [1.165, 1.54) is 24.5 Å². The number of carbonyl (C=O) groups excluding carboxylic acids is 1. The molecule has 2 aromatic rings. The molecule has 134 valence electrons. The fourth-order valence-electron chi connectivity index (χ4n) is 3.03. The second-order valence-electron chi connectivity index (χ2n) is 6.09. The van der Waals surface area contributed by atoms with Crippen molar-refractivity contribution >= 4 is 5.91 Å². The van der Waals surface area contributed by atoms with E-state index >= 15 is 0 Å². The molecule has 7 nitrogen and oxygen atoms in total. The molecule has 0 saturated carbocycles. The first kappa shape index (κ1) is 17.3. The molecule has 1 aromatic heterocycles. The highest BCUT2D eigenvalue weighted by molar-refractivity contribution is 5.97. The predicted octanol–water partition coefficient (Wildman–Crippen LogP) is 1.69. The van der Waals surface area contributed by atoms with Gasteiger partial charge in [-0.15, -0.1) is 0 Å². The number of halogens is 1. The van der Waals surface area contributed by atoms with Crippen molar-refractivity contribution in [1.82, 2.24) is 20.1 Å². The van der Waals surface area contributed by atoms with Crippen molar-refractivity contribution in [1.29, 1.82) is 0 Å². The summed E-state index contributed by atoms with van der Waals surface area (Å²) in [5.74, 6) is 0.581. The molecule has 1 amide bonds. The van der Waals surface area contributed by atoms with Gasteiger partial charge in [0.1, 0.15) is 23.7 Å². The van der Waals surface area contributed by atoms with Crippen LogP contribution in [0.5, 0.6) is 5.75 Å². The lowest BCUT2D eigenvalue weighted by atomic mass is 9.96. The van der Waals surface area contributed by atoms with Gasteiger partial charge in [-0.05, 0) is 44.0 Å².